The molecule has 6 heteroatoms. The lowest BCUT2D eigenvalue weighted by Gasteiger charge is -2.25. The number of methoxy groups -OCH3 is 1. The van der Waals surface area contributed by atoms with Crippen LogP contribution in [0.4, 0.5) is 4.39 Å². The number of hydrogen-bond acceptors (Lipinski definition) is 4. The monoisotopic (exact) mass is 353 g/mol. The zero-order valence-electron chi connectivity index (χ0n) is 14.6. The lowest BCUT2D eigenvalue weighted by Crippen LogP contribution is -2.24. The number of rotatable bonds is 4. The highest BCUT2D eigenvalue weighted by Crippen LogP contribution is 2.58. The number of nitrogens with zero attached hydrogens (tertiary/aromatic N) is 3. The number of ether oxygens (including phenoxy) is 2. The summed E-state index contributed by atoms with van der Waals surface area (Å²) in [5.74, 6) is 1.25. The van der Waals surface area contributed by atoms with Crippen LogP contribution in [0, 0.1) is 5.82 Å². The molecule has 2 fully saturated rings. The Morgan fingerprint density at radius 2 is 1.77 bits per heavy atom. The number of pyridine rings is 1. The van der Waals surface area contributed by atoms with Crippen LogP contribution < -0.4 is 4.74 Å². The average molecular weight is 353 g/mol. The van der Waals surface area contributed by atoms with Gasteiger partial charge in [0.1, 0.15) is 5.82 Å². The molecule has 5 nitrogen and oxygen atoms in total. The van der Waals surface area contributed by atoms with Crippen LogP contribution in [0.15, 0.2) is 42.6 Å². The first kappa shape index (κ1) is 15.8. The van der Waals surface area contributed by atoms with E-state index in [0.29, 0.717) is 11.4 Å². The molecule has 0 N–H and O–H groups in total. The second-order valence-electron chi connectivity index (χ2n) is 7.47. The number of aromatic nitrogens is 3. The predicted molar refractivity (Wildman–Crippen MR) is 94.0 cm³/mol. The maximum atomic E-state index is 13.9. The Kier molecular flexibility index (Phi) is 3.34. The zero-order chi connectivity index (χ0) is 17.8. The van der Waals surface area contributed by atoms with E-state index in [-0.39, 0.29) is 16.8 Å². The molecule has 134 valence electrons. The van der Waals surface area contributed by atoms with Gasteiger partial charge in [-0.3, -0.25) is 4.40 Å². The minimum Gasteiger partial charge on any atom is -0.450 e. The van der Waals surface area contributed by atoms with Crippen molar-refractivity contribution in [1.29, 1.82) is 0 Å². The van der Waals surface area contributed by atoms with Crippen molar-refractivity contribution in [2.45, 2.75) is 43.1 Å². The summed E-state index contributed by atoms with van der Waals surface area (Å²) in [6, 6.07) is 10.1. The molecule has 2 heterocycles. The molecular formula is C20H20FN3O2. The first-order chi connectivity index (χ1) is 12.6. The van der Waals surface area contributed by atoms with Gasteiger partial charge in [0.05, 0.1) is 5.60 Å². The zero-order valence-corrected chi connectivity index (χ0v) is 14.6. The van der Waals surface area contributed by atoms with Crippen molar-refractivity contribution in [3.8, 4) is 11.5 Å². The third-order valence-electron chi connectivity index (χ3n) is 6.14. The Labute approximate surface area is 150 Å². The Hall–Kier alpha value is -2.47. The van der Waals surface area contributed by atoms with Gasteiger partial charge in [0.15, 0.2) is 17.3 Å². The summed E-state index contributed by atoms with van der Waals surface area (Å²) >= 11 is 0. The molecule has 2 aliphatic carbocycles. The molecule has 0 radical (unpaired) electrons. The number of halogens is 1. The maximum Gasteiger partial charge on any atom is 0.203 e. The smallest absolute Gasteiger partial charge is 0.203 e. The van der Waals surface area contributed by atoms with E-state index >= 15 is 0 Å². The number of fused-ring (bicyclic) bond motifs is 3. The first-order valence-corrected chi connectivity index (χ1v) is 8.97. The third kappa shape index (κ3) is 2.18. The molecule has 0 saturated heterocycles. The topological polar surface area (TPSA) is 48.7 Å². The summed E-state index contributed by atoms with van der Waals surface area (Å²) in [5, 5.41) is 8.89. The van der Waals surface area contributed by atoms with Gasteiger partial charge in [-0.15, -0.1) is 10.2 Å². The van der Waals surface area contributed by atoms with Crippen LogP contribution in [-0.2, 0) is 10.2 Å². The van der Waals surface area contributed by atoms with Crippen molar-refractivity contribution in [2.24, 2.45) is 0 Å². The second-order valence-corrected chi connectivity index (χ2v) is 7.47. The van der Waals surface area contributed by atoms with E-state index in [4.69, 9.17) is 9.47 Å². The Morgan fingerprint density at radius 1 is 1.00 bits per heavy atom. The second kappa shape index (κ2) is 5.51. The molecular weight excluding hydrogens is 333 g/mol. The third-order valence-corrected chi connectivity index (χ3v) is 6.14. The SMILES string of the molecule is COC12CCC(c3nnc4c(Oc5ccccc5F)cccn34)(CC1)C2. The van der Waals surface area contributed by atoms with Gasteiger partial charge in [-0.1, -0.05) is 12.1 Å². The maximum absolute atomic E-state index is 13.9. The van der Waals surface area contributed by atoms with Gasteiger partial charge in [0.25, 0.3) is 0 Å². The van der Waals surface area contributed by atoms with Gasteiger partial charge in [-0.25, -0.2) is 4.39 Å². The van der Waals surface area contributed by atoms with Crippen molar-refractivity contribution < 1.29 is 13.9 Å². The highest BCUT2D eigenvalue weighted by molar-refractivity contribution is 5.55. The average Bonchev–Trinajstić information content (AvgIpc) is 3.36. The van der Waals surface area contributed by atoms with Crippen LogP contribution in [0.1, 0.15) is 37.9 Å². The van der Waals surface area contributed by atoms with Gasteiger partial charge in [0, 0.05) is 18.7 Å². The van der Waals surface area contributed by atoms with E-state index < -0.39 is 5.82 Å². The molecule has 2 aliphatic rings. The largest absolute Gasteiger partial charge is 0.450 e. The summed E-state index contributed by atoms with van der Waals surface area (Å²) in [5.41, 5.74) is 0.612. The van der Waals surface area contributed by atoms with Gasteiger partial charge < -0.3 is 9.47 Å². The lowest BCUT2D eigenvalue weighted by molar-refractivity contribution is -0.000310. The fourth-order valence-electron chi connectivity index (χ4n) is 4.71. The fourth-order valence-corrected chi connectivity index (χ4v) is 4.71. The minimum absolute atomic E-state index is 0.00600. The van der Waals surface area contributed by atoms with Gasteiger partial charge in [-0.05, 0) is 56.4 Å². The molecule has 1 aromatic carbocycles. The molecule has 26 heavy (non-hydrogen) atoms. The molecule has 0 aliphatic heterocycles. The quantitative estimate of drug-likeness (QED) is 0.703. The predicted octanol–water partition coefficient (Wildman–Crippen LogP) is 4.26. The molecule has 3 aromatic rings. The molecule has 0 atom stereocenters. The molecule has 2 saturated carbocycles. The van der Waals surface area contributed by atoms with Crippen molar-refractivity contribution in [3.05, 3.63) is 54.2 Å². The van der Waals surface area contributed by atoms with Crippen LogP contribution >= 0.6 is 0 Å². The van der Waals surface area contributed by atoms with Gasteiger partial charge in [-0.2, -0.15) is 0 Å². The molecule has 0 unspecified atom stereocenters. The molecule has 0 spiro atoms. The standard InChI is InChI=1S/C20H20FN3O2/c1-25-20-10-8-19(13-20,9-11-20)18-23-22-17-16(7-4-12-24(17)18)26-15-6-3-2-5-14(15)21/h2-7,12H,8-11,13H2,1H3. The normalized spacial score (nSPS) is 27.3. The Morgan fingerprint density at radius 3 is 2.50 bits per heavy atom. The van der Waals surface area contributed by atoms with Gasteiger partial charge in [0.2, 0.25) is 5.65 Å². The van der Waals surface area contributed by atoms with Crippen molar-refractivity contribution in [3.63, 3.8) is 0 Å². The van der Waals surface area contributed by atoms with E-state index in [1.54, 1.807) is 24.3 Å². The number of benzene rings is 1. The van der Waals surface area contributed by atoms with Crippen molar-refractivity contribution >= 4 is 5.65 Å². The highest BCUT2D eigenvalue weighted by atomic mass is 19.1. The molecule has 0 amide bonds. The Balaban J connectivity index is 1.56. The minimum atomic E-state index is -0.399. The fraction of sp³-hybridized carbons (Fsp3) is 0.400. The van der Waals surface area contributed by atoms with Crippen LogP contribution in [0.3, 0.4) is 0 Å². The van der Waals surface area contributed by atoms with Crippen LogP contribution in [-0.4, -0.2) is 27.3 Å². The first-order valence-electron chi connectivity index (χ1n) is 8.97. The van der Waals surface area contributed by atoms with E-state index in [0.717, 1.165) is 37.9 Å². The van der Waals surface area contributed by atoms with E-state index in [1.165, 1.54) is 6.07 Å². The van der Waals surface area contributed by atoms with Crippen molar-refractivity contribution in [2.75, 3.05) is 7.11 Å². The van der Waals surface area contributed by atoms with E-state index in [2.05, 4.69) is 10.2 Å². The van der Waals surface area contributed by atoms with Gasteiger partial charge >= 0.3 is 0 Å². The summed E-state index contributed by atoms with van der Waals surface area (Å²) < 4.78 is 27.6. The summed E-state index contributed by atoms with van der Waals surface area (Å²) in [6.45, 7) is 0. The summed E-state index contributed by atoms with van der Waals surface area (Å²) in [6.07, 6.45) is 7.17. The molecule has 2 bridgehead atoms. The number of hydrogen-bond donors (Lipinski definition) is 0. The lowest BCUT2D eigenvalue weighted by atomic mass is 9.83. The Bertz CT molecular complexity index is 976. The van der Waals surface area contributed by atoms with E-state index in [1.807, 2.05) is 23.8 Å². The summed E-state index contributed by atoms with van der Waals surface area (Å²) in [4.78, 5) is 0. The highest BCUT2D eigenvalue weighted by Gasteiger charge is 2.57. The van der Waals surface area contributed by atoms with Crippen LogP contribution in [0.25, 0.3) is 5.65 Å². The molecule has 2 aromatic heterocycles. The van der Waals surface area contributed by atoms with E-state index in [9.17, 15) is 4.39 Å². The summed E-state index contributed by atoms with van der Waals surface area (Å²) in [7, 11) is 1.81. The van der Waals surface area contributed by atoms with Crippen molar-refractivity contribution in [1.82, 2.24) is 14.6 Å². The molecule has 5 rings (SSSR count). The number of para-hydroxylation sites is 1. The van der Waals surface area contributed by atoms with Crippen LogP contribution in [0.2, 0.25) is 0 Å². The van der Waals surface area contributed by atoms with Crippen LogP contribution in [0.5, 0.6) is 11.5 Å².